The van der Waals surface area contributed by atoms with Gasteiger partial charge in [-0.3, -0.25) is 10.1 Å². The summed E-state index contributed by atoms with van der Waals surface area (Å²) in [5.74, 6) is -0.00416. The first-order valence-corrected chi connectivity index (χ1v) is 8.55. The zero-order valence-corrected chi connectivity index (χ0v) is 13.5. The van der Waals surface area contributed by atoms with E-state index in [2.05, 4.69) is 10.6 Å². The van der Waals surface area contributed by atoms with Crippen LogP contribution in [-0.2, 0) is 4.79 Å². The standard InChI is InChI=1S/C17H19N3O2S/c21-16(18-14-5-2-1-3-6-14)13-8-10-20(11-9-13)17(22)19-15-7-4-12-23-15/h1-7,12-13H,8-11H2,(H,18,21)(H,19,22). The molecule has 6 heteroatoms. The Morgan fingerprint density at radius 3 is 2.39 bits per heavy atom. The summed E-state index contributed by atoms with van der Waals surface area (Å²) in [4.78, 5) is 26.2. The molecule has 3 amide bonds. The molecule has 23 heavy (non-hydrogen) atoms. The van der Waals surface area contributed by atoms with Gasteiger partial charge in [0, 0.05) is 24.7 Å². The summed E-state index contributed by atoms with van der Waals surface area (Å²) in [7, 11) is 0. The van der Waals surface area contributed by atoms with Crippen molar-refractivity contribution < 1.29 is 9.59 Å². The molecule has 2 heterocycles. The van der Waals surface area contributed by atoms with Crippen LogP contribution >= 0.6 is 11.3 Å². The number of anilines is 2. The minimum Gasteiger partial charge on any atom is -0.326 e. The van der Waals surface area contributed by atoms with Crippen LogP contribution in [0.3, 0.4) is 0 Å². The van der Waals surface area contributed by atoms with Crippen LogP contribution in [0.5, 0.6) is 0 Å². The molecule has 0 unspecified atom stereocenters. The van der Waals surface area contributed by atoms with Gasteiger partial charge in [0.05, 0.1) is 5.00 Å². The summed E-state index contributed by atoms with van der Waals surface area (Å²) in [5, 5.41) is 8.59. The highest BCUT2D eigenvalue weighted by Crippen LogP contribution is 2.21. The van der Waals surface area contributed by atoms with Crippen molar-refractivity contribution in [2.75, 3.05) is 23.7 Å². The van der Waals surface area contributed by atoms with Crippen molar-refractivity contribution in [1.82, 2.24) is 4.90 Å². The molecule has 0 saturated carbocycles. The normalized spacial score (nSPS) is 15.2. The van der Waals surface area contributed by atoms with Crippen LogP contribution in [0.2, 0.25) is 0 Å². The summed E-state index contributed by atoms with van der Waals surface area (Å²) in [6.07, 6.45) is 1.38. The third-order valence-corrected chi connectivity index (χ3v) is 4.73. The largest absolute Gasteiger partial charge is 0.326 e. The fourth-order valence-electron chi connectivity index (χ4n) is 2.64. The number of benzene rings is 1. The van der Waals surface area contributed by atoms with Crippen molar-refractivity contribution >= 4 is 34.0 Å². The molecular formula is C17H19N3O2S. The van der Waals surface area contributed by atoms with E-state index >= 15 is 0 Å². The lowest BCUT2D eigenvalue weighted by atomic mass is 9.96. The summed E-state index contributed by atoms with van der Waals surface area (Å²) < 4.78 is 0. The second-order valence-electron chi connectivity index (χ2n) is 5.52. The highest BCUT2D eigenvalue weighted by Gasteiger charge is 2.27. The smallest absolute Gasteiger partial charge is 0.322 e. The number of likely N-dealkylation sites (tertiary alicyclic amines) is 1. The quantitative estimate of drug-likeness (QED) is 0.903. The lowest BCUT2D eigenvalue weighted by Gasteiger charge is -2.31. The highest BCUT2D eigenvalue weighted by molar-refractivity contribution is 7.14. The van der Waals surface area contributed by atoms with Gasteiger partial charge in [-0.25, -0.2) is 4.79 Å². The number of urea groups is 1. The van der Waals surface area contributed by atoms with Crippen LogP contribution in [0.1, 0.15) is 12.8 Å². The van der Waals surface area contributed by atoms with Gasteiger partial charge in [-0.05, 0) is 42.5 Å². The number of amides is 3. The minimum absolute atomic E-state index is 0.0366. The van der Waals surface area contributed by atoms with Crippen LogP contribution < -0.4 is 10.6 Å². The fraction of sp³-hybridized carbons (Fsp3) is 0.294. The van der Waals surface area contributed by atoms with Crippen molar-refractivity contribution in [3.8, 4) is 0 Å². The van der Waals surface area contributed by atoms with Gasteiger partial charge < -0.3 is 10.2 Å². The van der Waals surface area contributed by atoms with Crippen LogP contribution in [0.4, 0.5) is 15.5 Å². The van der Waals surface area contributed by atoms with Crippen LogP contribution in [0, 0.1) is 5.92 Å². The van der Waals surface area contributed by atoms with Gasteiger partial charge in [-0.15, -0.1) is 11.3 Å². The molecule has 1 aliphatic rings. The average molecular weight is 329 g/mol. The van der Waals surface area contributed by atoms with Gasteiger partial charge in [0.2, 0.25) is 5.91 Å². The predicted molar refractivity (Wildman–Crippen MR) is 92.7 cm³/mol. The van der Waals surface area contributed by atoms with Crippen molar-refractivity contribution in [3.63, 3.8) is 0 Å². The molecule has 1 aromatic heterocycles. The van der Waals surface area contributed by atoms with Crippen molar-refractivity contribution in [3.05, 3.63) is 47.8 Å². The summed E-state index contributed by atoms with van der Waals surface area (Å²) in [6.45, 7) is 1.20. The maximum absolute atomic E-state index is 12.3. The van der Waals surface area contributed by atoms with Crippen LogP contribution in [0.15, 0.2) is 47.8 Å². The maximum atomic E-state index is 12.3. The molecule has 1 saturated heterocycles. The van der Waals surface area contributed by atoms with E-state index in [1.54, 1.807) is 4.90 Å². The molecule has 3 rings (SSSR count). The Morgan fingerprint density at radius 1 is 1.00 bits per heavy atom. The molecule has 1 aliphatic heterocycles. The SMILES string of the molecule is O=C(Nc1ccccc1)C1CCN(C(=O)Nc2cccs2)CC1. The summed E-state index contributed by atoms with van der Waals surface area (Å²) >= 11 is 1.50. The average Bonchev–Trinajstić information content (AvgIpc) is 3.09. The van der Waals surface area contributed by atoms with E-state index in [1.807, 2.05) is 47.8 Å². The Balaban J connectivity index is 1.48. The van der Waals surface area contributed by atoms with E-state index in [-0.39, 0.29) is 17.9 Å². The molecule has 2 aromatic rings. The molecule has 0 bridgehead atoms. The minimum atomic E-state index is -0.0885. The molecular weight excluding hydrogens is 310 g/mol. The molecule has 0 spiro atoms. The van der Waals surface area contributed by atoms with Gasteiger partial charge in [-0.2, -0.15) is 0 Å². The number of para-hydroxylation sites is 1. The zero-order valence-electron chi connectivity index (χ0n) is 12.7. The second-order valence-corrected chi connectivity index (χ2v) is 6.47. The molecule has 0 atom stereocenters. The van der Waals surface area contributed by atoms with Gasteiger partial charge >= 0.3 is 6.03 Å². The number of piperidine rings is 1. The Morgan fingerprint density at radius 2 is 1.74 bits per heavy atom. The fourth-order valence-corrected chi connectivity index (χ4v) is 3.25. The van der Waals surface area contributed by atoms with E-state index in [0.29, 0.717) is 25.9 Å². The number of hydrogen-bond donors (Lipinski definition) is 2. The molecule has 2 N–H and O–H groups in total. The van der Waals surface area contributed by atoms with Crippen LogP contribution in [-0.4, -0.2) is 29.9 Å². The van der Waals surface area contributed by atoms with Gasteiger partial charge in [0.15, 0.2) is 0 Å². The van der Waals surface area contributed by atoms with Crippen LogP contribution in [0.25, 0.3) is 0 Å². The molecule has 1 fully saturated rings. The highest BCUT2D eigenvalue weighted by atomic mass is 32.1. The van der Waals surface area contributed by atoms with Gasteiger partial charge in [0.25, 0.3) is 0 Å². The number of carbonyl (C=O) groups excluding carboxylic acids is 2. The number of hydrogen-bond acceptors (Lipinski definition) is 3. The van der Waals surface area contributed by atoms with E-state index in [0.717, 1.165) is 10.7 Å². The van der Waals surface area contributed by atoms with E-state index in [4.69, 9.17) is 0 Å². The van der Waals surface area contributed by atoms with Gasteiger partial charge in [-0.1, -0.05) is 18.2 Å². The first kappa shape index (κ1) is 15.6. The summed E-state index contributed by atoms with van der Waals surface area (Å²) in [5.41, 5.74) is 0.815. The van der Waals surface area contributed by atoms with E-state index < -0.39 is 0 Å². The topological polar surface area (TPSA) is 61.4 Å². The van der Waals surface area contributed by atoms with Crippen molar-refractivity contribution in [1.29, 1.82) is 0 Å². The molecule has 0 radical (unpaired) electrons. The maximum Gasteiger partial charge on any atom is 0.322 e. The van der Waals surface area contributed by atoms with Gasteiger partial charge in [0.1, 0.15) is 0 Å². The third-order valence-electron chi connectivity index (χ3n) is 3.95. The number of carbonyl (C=O) groups is 2. The van der Waals surface area contributed by atoms with E-state index in [1.165, 1.54) is 11.3 Å². The number of nitrogens with zero attached hydrogens (tertiary/aromatic N) is 1. The Hall–Kier alpha value is -2.34. The number of rotatable bonds is 3. The van der Waals surface area contributed by atoms with Crippen molar-refractivity contribution in [2.45, 2.75) is 12.8 Å². The zero-order chi connectivity index (χ0) is 16.1. The summed E-state index contributed by atoms with van der Waals surface area (Å²) in [6, 6.07) is 13.2. The Labute approximate surface area is 139 Å². The first-order chi connectivity index (χ1) is 11.2. The third kappa shape index (κ3) is 4.10. The Kier molecular flexibility index (Phi) is 4.92. The lowest BCUT2D eigenvalue weighted by molar-refractivity contribution is -0.121. The molecule has 0 aliphatic carbocycles. The molecule has 120 valence electrons. The molecule has 5 nitrogen and oxygen atoms in total. The van der Waals surface area contributed by atoms with E-state index in [9.17, 15) is 9.59 Å². The number of thiophene rings is 1. The van der Waals surface area contributed by atoms with Crippen molar-refractivity contribution in [2.24, 2.45) is 5.92 Å². The predicted octanol–water partition coefficient (Wildman–Crippen LogP) is 3.63. The number of nitrogens with one attached hydrogen (secondary N) is 2. The monoisotopic (exact) mass is 329 g/mol. The first-order valence-electron chi connectivity index (χ1n) is 7.68. The molecule has 1 aromatic carbocycles. The second kappa shape index (κ2) is 7.28. The lowest BCUT2D eigenvalue weighted by Crippen LogP contribution is -2.43. The Bertz CT molecular complexity index is 650.